The first-order valence-corrected chi connectivity index (χ1v) is 5.48. The number of benzene rings is 1. The molecule has 100 valence electrons. The Balaban J connectivity index is 2.86. The summed E-state index contributed by atoms with van der Waals surface area (Å²) in [6, 6.07) is 4.89. The second kappa shape index (κ2) is 6.23. The molecule has 0 radical (unpaired) electrons. The van der Waals surface area contributed by atoms with E-state index in [1.54, 1.807) is 32.4 Å². The number of nitrogens with two attached hydrogens (primary N) is 2. The molecule has 0 saturated carbocycles. The van der Waals surface area contributed by atoms with E-state index in [0.717, 1.165) is 10.6 Å². The minimum atomic E-state index is -0.427. The van der Waals surface area contributed by atoms with Gasteiger partial charge in [-0.2, -0.15) is 0 Å². The van der Waals surface area contributed by atoms with E-state index < -0.39 is 6.04 Å². The van der Waals surface area contributed by atoms with Crippen LogP contribution in [0.3, 0.4) is 0 Å². The Morgan fingerprint density at radius 1 is 1.33 bits per heavy atom. The second-order valence-electron chi connectivity index (χ2n) is 3.93. The normalized spacial score (nSPS) is 11.8. The molecule has 1 aromatic carbocycles. The SMILES string of the molecule is COc1ccc(C(N)CC(=O)N(C)N)cc1OC. The van der Waals surface area contributed by atoms with Gasteiger partial charge < -0.3 is 15.2 Å². The lowest BCUT2D eigenvalue weighted by atomic mass is 10.0. The molecule has 6 nitrogen and oxygen atoms in total. The van der Waals surface area contributed by atoms with Crippen LogP contribution in [-0.2, 0) is 4.79 Å². The zero-order valence-corrected chi connectivity index (χ0v) is 10.8. The summed E-state index contributed by atoms with van der Waals surface area (Å²) in [5.41, 5.74) is 6.74. The third-order valence-electron chi connectivity index (χ3n) is 2.62. The van der Waals surface area contributed by atoms with Gasteiger partial charge >= 0.3 is 0 Å². The Bertz CT molecular complexity index is 421. The number of nitrogens with zero attached hydrogens (tertiary/aromatic N) is 1. The van der Waals surface area contributed by atoms with Crippen LogP contribution in [0.25, 0.3) is 0 Å². The monoisotopic (exact) mass is 253 g/mol. The van der Waals surface area contributed by atoms with Gasteiger partial charge in [0.25, 0.3) is 0 Å². The van der Waals surface area contributed by atoms with Crippen LogP contribution < -0.4 is 21.1 Å². The molecular weight excluding hydrogens is 234 g/mol. The third-order valence-corrected chi connectivity index (χ3v) is 2.62. The molecule has 1 atom stereocenters. The van der Waals surface area contributed by atoms with Gasteiger partial charge in [-0.1, -0.05) is 6.07 Å². The van der Waals surface area contributed by atoms with Crippen molar-refractivity contribution in [2.24, 2.45) is 11.6 Å². The zero-order chi connectivity index (χ0) is 13.7. The molecule has 1 rings (SSSR count). The topological polar surface area (TPSA) is 90.8 Å². The minimum Gasteiger partial charge on any atom is -0.493 e. The number of methoxy groups -OCH3 is 2. The zero-order valence-electron chi connectivity index (χ0n) is 10.8. The first-order valence-electron chi connectivity index (χ1n) is 5.48. The van der Waals surface area contributed by atoms with Crippen LogP contribution in [0.5, 0.6) is 11.5 Å². The summed E-state index contributed by atoms with van der Waals surface area (Å²) >= 11 is 0. The van der Waals surface area contributed by atoms with Crippen LogP contribution in [0.2, 0.25) is 0 Å². The molecule has 0 spiro atoms. The molecule has 0 aliphatic heterocycles. The van der Waals surface area contributed by atoms with Gasteiger partial charge in [-0.25, -0.2) is 5.84 Å². The van der Waals surface area contributed by atoms with Gasteiger partial charge in [-0.05, 0) is 17.7 Å². The van der Waals surface area contributed by atoms with E-state index in [-0.39, 0.29) is 12.3 Å². The van der Waals surface area contributed by atoms with Crippen LogP contribution in [0.15, 0.2) is 18.2 Å². The lowest BCUT2D eigenvalue weighted by Gasteiger charge is -2.16. The Kier molecular flexibility index (Phi) is 4.94. The van der Waals surface area contributed by atoms with Crippen molar-refractivity contribution in [3.8, 4) is 11.5 Å². The highest BCUT2D eigenvalue weighted by Gasteiger charge is 2.15. The first kappa shape index (κ1) is 14.3. The van der Waals surface area contributed by atoms with Crippen molar-refractivity contribution in [3.63, 3.8) is 0 Å². The summed E-state index contributed by atoms with van der Waals surface area (Å²) in [5, 5.41) is 1.03. The molecule has 1 aromatic rings. The predicted octanol–water partition coefficient (Wildman–Crippen LogP) is 0.426. The highest BCUT2D eigenvalue weighted by atomic mass is 16.5. The Morgan fingerprint density at radius 2 is 1.94 bits per heavy atom. The molecule has 1 unspecified atom stereocenters. The van der Waals surface area contributed by atoms with Crippen molar-refractivity contribution in [1.29, 1.82) is 0 Å². The van der Waals surface area contributed by atoms with Gasteiger partial charge in [-0.3, -0.25) is 9.80 Å². The Morgan fingerprint density at radius 3 is 2.44 bits per heavy atom. The molecule has 4 N–H and O–H groups in total. The average Bonchev–Trinajstić information content (AvgIpc) is 2.37. The average molecular weight is 253 g/mol. The van der Waals surface area contributed by atoms with Crippen molar-refractivity contribution in [2.75, 3.05) is 21.3 Å². The van der Waals surface area contributed by atoms with Crippen molar-refractivity contribution >= 4 is 5.91 Å². The fourth-order valence-electron chi connectivity index (χ4n) is 1.53. The number of hydrazine groups is 1. The molecule has 0 aromatic heterocycles. The van der Waals surface area contributed by atoms with Crippen molar-refractivity contribution < 1.29 is 14.3 Å². The largest absolute Gasteiger partial charge is 0.493 e. The molecular formula is C12H19N3O3. The van der Waals surface area contributed by atoms with Crippen LogP contribution in [-0.4, -0.2) is 32.2 Å². The lowest BCUT2D eigenvalue weighted by Crippen LogP contribution is -2.35. The highest BCUT2D eigenvalue weighted by molar-refractivity contribution is 5.76. The van der Waals surface area contributed by atoms with Gasteiger partial charge in [0.05, 0.1) is 14.2 Å². The summed E-state index contributed by atoms with van der Waals surface area (Å²) in [5.74, 6) is 6.33. The predicted molar refractivity (Wildman–Crippen MR) is 68.0 cm³/mol. The number of hydrogen-bond donors (Lipinski definition) is 2. The standard InChI is InChI=1S/C12H19N3O3/c1-15(14)12(16)7-9(13)8-4-5-10(17-2)11(6-8)18-3/h4-6,9H,7,13-14H2,1-3H3. The maximum atomic E-state index is 11.5. The van der Waals surface area contributed by atoms with E-state index in [1.165, 1.54) is 7.05 Å². The Labute approximate surface area is 106 Å². The van der Waals surface area contributed by atoms with Crippen LogP contribution in [0.4, 0.5) is 0 Å². The maximum Gasteiger partial charge on any atom is 0.238 e. The molecule has 18 heavy (non-hydrogen) atoms. The molecule has 0 bridgehead atoms. The molecule has 0 heterocycles. The summed E-state index contributed by atoms with van der Waals surface area (Å²) in [4.78, 5) is 11.5. The van der Waals surface area contributed by atoms with Gasteiger partial charge in [-0.15, -0.1) is 0 Å². The lowest BCUT2D eigenvalue weighted by molar-refractivity contribution is -0.130. The summed E-state index contributed by atoms with van der Waals surface area (Å²) in [7, 11) is 4.60. The van der Waals surface area contributed by atoms with E-state index in [0.29, 0.717) is 11.5 Å². The number of amides is 1. The van der Waals surface area contributed by atoms with E-state index in [9.17, 15) is 4.79 Å². The minimum absolute atomic E-state index is 0.141. The van der Waals surface area contributed by atoms with Gasteiger partial charge in [0.1, 0.15) is 0 Å². The van der Waals surface area contributed by atoms with Crippen LogP contribution >= 0.6 is 0 Å². The molecule has 6 heteroatoms. The van der Waals surface area contributed by atoms with Gasteiger partial charge in [0.2, 0.25) is 5.91 Å². The van der Waals surface area contributed by atoms with Crippen LogP contribution in [0, 0.1) is 0 Å². The number of hydrogen-bond acceptors (Lipinski definition) is 5. The Hall–Kier alpha value is -1.79. The van der Waals surface area contributed by atoms with Gasteiger partial charge in [0.15, 0.2) is 11.5 Å². The van der Waals surface area contributed by atoms with Gasteiger partial charge in [0, 0.05) is 19.5 Å². The number of ether oxygens (including phenoxy) is 2. The maximum absolute atomic E-state index is 11.5. The molecule has 1 amide bonds. The first-order chi connectivity index (χ1) is 8.49. The summed E-state index contributed by atoms with van der Waals surface area (Å²) in [6.07, 6.45) is 0.141. The molecule has 0 fully saturated rings. The van der Waals surface area contributed by atoms with Crippen molar-refractivity contribution in [1.82, 2.24) is 5.01 Å². The highest BCUT2D eigenvalue weighted by Crippen LogP contribution is 2.30. The molecule has 0 aliphatic carbocycles. The molecule has 0 aliphatic rings. The fourth-order valence-corrected chi connectivity index (χ4v) is 1.53. The summed E-state index contributed by atoms with van der Waals surface area (Å²) in [6.45, 7) is 0. The number of carbonyl (C=O) groups is 1. The van der Waals surface area contributed by atoms with E-state index >= 15 is 0 Å². The number of carbonyl (C=O) groups excluding carboxylic acids is 1. The van der Waals surface area contributed by atoms with E-state index in [4.69, 9.17) is 21.1 Å². The fraction of sp³-hybridized carbons (Fsp3) is 0.417. The number of rotatable bonds is 5. The quantitative estimate of drug-likeness (QED) is 0.451. The third kappa shape index (κ3) is 3.35. The second-order valence-corrected chi connectivity index (χ2v) is 3.93. The van der Waals surface area contributed by atoms with Crippen molar-refractivity contribution in [3.05, 3.63) is 23.8 Å². The smallest absolute Gasteiger partial charge is 0.238 e. The van der Waals surface area contributed by atoms with Crippen LogP contribution in [0.1, 0.15) is 18.0 Å². The van der Waals surface area contributed by atoms with Crippen molar-refractivity contribution in [2.45, 2.75) is 12.5 Å². The van der Waals surface area contributed by atoms with E-state index in [1.807, 2.05) is 0 Å². The molecule has 0 saturated heterocycles. The van der Waals surface area contributed by atoms with E-state index in [2.05, 4.69) is 0 Å². The summed E-state index contributed by atoms with van der Waals surface area (Å²) < 4.78 is 10.3.